The van der Waals surface area contributed by atoms with E-state index in [4.69, 9.17) is 13.3 Å². The zero-order valence-electron chi connectivity index (χ0n) is 14.1. The topological polar surface area (TPSA) is 30.9 Å². The van der Waals surface area contributed by atoms with Crippen molar-refractivity contribution in [3.05, 3.63) is 48.7 Å². The molecule has 0 atom stereocenters. The number of rotatable bonds is 12. The number of hydrogen-bond donors (Lipinski definition) is 0. The van der Waals surface area contributed by atoms with E-state index in [-0.39, 0.29) is 0 Å². The van der Waals surface area contributed by atoms with Crippen LogP contribution in [0.5, 0.6) is 0 Å². The van der Waals surface area contributed by atoms with E-state index in [1.165, 1.54) is 5.56 Å². The van der Waals surface area contributed by atoms with Gasteiger partial charge in [-0.05, 0) is 18.2 Å². The molecular formula is C17H29NO3Si. The van der Waals surface area contributed by atoms with Crippen molar-refractivity contribution in [3.8, 4) is 0 Å². The van der Waals surface area contributed by atoms with Gasteiger partial charge in [0.15, 0.2) is 0 Å². The van der Waals surface area contributed by atoms with Crippen molar-refractivity contribution in [1.82, 2.24) is 4.90 Å². The molecule has 4 nitrogen and oxygen atoms in total. The molecule has 22 heavy (non-hydrogen) atoms. The molecule has 0 fully saturated rings. The second kappa shape index (κ2) is 10.6. The highest BCUT2D eigenvalue weighted by Crippen LogP contribution is 2.16. The van der Waals surface area contributed by atoms with Gasteiger partial charge >= 0.3 is 8.80 Å². The summed E-state index contributed by atoms with van der Waals surface area (Å²) in [5.41, 5.74) is 1.28. The van der Waals surface area contributed by atoms with E-state index in [0.29, 0.717) is 6.61 Å². The van der Waals surface area contributed by atoms with Crippen LogP contribution < -0.4 is 0 Å². The number of benzene rings is 1. The Bertz CT molecular complexity index is 410. The highest BCUT2D eigenvalue weighted by molar-refractivity contribution is 6.60. The predicted molar refractivity (Wildman–Crippen MR) is 92.5 cm³/mol. The Hall–Kier alpha value is -1.14. The van der Waals surface area contributed by atoms with Crippen LogP contribution in [0.2, 0.25) is 6.04 Å². The monoisotopic (exact) mass is 323 g/mol. The van der Waals surface area contributed by atoms with E-state index in [0.717, 1.165) is 32.0 Å². The summed E-state index contributed by atoms with van der Waals surface area (Å²) >= 11 is 0. The van der Waals surface area contributed by atoms with E-state index < -0.39 is 8.80 Å². The van der Waals surface area contributed by atoms with Crippen LogP contribution in [-0.4, -0.2) is 41.1 Å². The van der Waals surface area contributed by atoms with Gasteiger partial charge in [-0.2, -0.15) is 0 Å². The Morgan fingerprint density at radius 3 is 2.41 bits per heavy atom. The molecule has 0 radical (unpaired) electrons. The molecule has 0 spiro atoms. The molecule has 0 saturated carbocycles. The van der Waals surface area contributed by atoms with Crippen LogP contribution in [-0.2, 0) is 19.8 Å². The SMILES string of the molecule is C=CN(CCCO[Si](CCC)(OC)OC)Cc1ccccc1. The maximum atomic E-state index is 5.95. The first-order valence-corrected chi connectivity index (χ1v) is 9.77. The normalized spacial score (nSPS) is 11.4. The van der Waals surface area contributed by atoms with Crippen molar-refractivity contribution in [1.29, 1.82) is 0 Å². The maximum Gasteiger partial charge on any atom is 0.500 e. The van der Waals surface area contributed by atoms with Crippen molar-refractivity contribution >= 4 is 8.80 Å². The van der Waals surface area contributed by atoms with E-state index >= 15 is 0 Å². The molecule has 0 heterocycles. The van der Waals surface area contributed by atoms with Gasteiger partial charge in [0.25, 0.3) is 0 Å². The van der Waals surface area contributed by atoms with Gasteiger partial charge in [-0.25, -0.2) is 0 Å². The van der Waals surface area contributed by atoms with Crippen LogP contribution in [0.15, 0.2) is 43.1 Å². The van der Waals surface area contributed by atoms with Gasteiger partial charge in [-0.15, -0.1) is 0 Å². The van der Waals surface area contributed by atoms with Crippen LogP contribution in [0.25, 0.3) is 0 Å². The third-order valence-electron chi connectivity index (χ3n) is 3.58. The summed E-state index contributed by atoms with van der Waals surface area (Å²) in [5, 5.41) is 0. The standard InChI is InChI=1S/C17H29NO3Si/c1-5-15-22(19-3,20-4)21-14-10-13-18(6-2)16-17-11-8-7-9-12-17/h6-9,11-12H,2,5,10,13-16H2,1,3-4H3. The second-order valence-corrected chi connectivity index (χ2v) is 8.15. The molecule has 5 heteroatoms. The maximum absolute atomic E-state index is 5.95. The van der Waals surface area contributed by atoms with Gasteiger partial charge in [0.1, 0.15) is 0 Å². The van der Waals surface area contributed by atoms with Gasteiger partial charge in [-0.1, -0.05) is 50.3 Å². The van der Waals surface area contributed by atoms with Gasteiger partial charge < -0.3 is 18.2 Å². The number of hydrogen-bond acceptors (Lipinski definition) is 4. The van der Waals surface area contributed by atoms with E-state index in [2.05, 4.69) is 42.7 Å². The minimum atomic E-state index is -2.44. The van der Waals surface area contributed by atoms with E-state index in [1.54, 1.807) is 14.2 Å². The summed E-state index contributed by atoms with van der Waals surface area (Å²) in [6, 6.07) is 11.3. The van der Waals surface area contributed by atoms with Crippen molar-refractivity contribution < 1.29 is 13.3 Å². The minimum Gasteiger partial charge on any atom is -0.377 e. The van der Waals surface area contributed by atoms with Gasteiger partial charge in [0.2, 0.25) is 0 Å². The molecule has 0 bridgehead atoms. The van der Waals surface area contributed by atoms with Gasteiger partial charge in [-0.3, -0.25) is 0 Å². The molecule has 0 aliphatic rings. The lowest BCUT2D eigenvalue weighted by Gasteiger charge is -2.27. The fourth-order valence-electron chi connectivity index (χ4n) is 2.33. The molecule has 1 aromatic carbocycles. The fraction of sp³-hybridized carbons (Fsp3) is 0.529. The molecule has 124 valence electrons. The summed E-state index contributed by atoms with van der Waals surface area (Å²) in [5.74, 6) is 0. The first kappa shape index (κ1) is 18.9. The lowest BCUT2D eigenvalue weighted by Crippen LogP contribution is -2.44. The zero-order chi connectivity index (χ0) is 16.3. The first-order chi connectivity index (χ1) is 10.7. The third kappa shape index (κ3) is 6.32. The Labute approximate surface area is 136 Å². The average Bonchev–Trinajstić information content (AvgIpc) is 2.57. The summed E-state index contributed by atoms with van der Waals surface area (Å²) in [4.78, 5) is 2.20. The molecule has 0 unspecified atom stereocenters. The molecule has 0 aromatic heterocycles. The molecule has 0 aliphatic heterocycles. The molecule has 0 saturated heterocycles. The van der Waals surface area contributed by atoms with E-state index in [1.807, 2.05) is 12.3 Å². The Balaban J connectivity index is 2.36. The third-order valence-corrected chi connectivity index (χ3v) is 6.58. The summed E-state index contributed by atoms with van der Waals surface area (Å²) in [6.07, 6.45) is 3.81. The highest BCUT2D eigenvalue weighted by Gasteiger charge is 2.37. The first-order valence-electron chi connectivity index (χ1n) is 7.84. The lowest BCUT2D eigenvalue weighted by atomic mass is 10.2. The summed E-state index contributed by atoms with van der Waals surface area (Å²) in [6.45, 7) is 8.43. The molecule has 0 aliphatic carbocycles. The zero-order valence-corrected chi connectivity index (χ0v) is 15.1. The largest absolute Gasteiger partial charge is 0.500 e. The quantitative estimate of drug-likeness (QED) is 0.434. The number of nitrogens with zero attached hydrogens (tertiary/aromatic N) is 1. The molecule has 0 amide bonds. The summed E-state index contributed by atoms with van der Waals surface area (Å²) < 4.78 is 17.0. The Kier molecular flexibility index (Phi) is 9.08. The molecular weight excluding hydrogens is 294 g/mol. The van der Waals surface area contributed by atoms with E-state index in [9.17, 15) is 0 Å². The fourth-order valence-corrected chi connectivity index (χ4v) is 4.35. The highest BCUT2D eigenvalue weighted by atomic mass is 28.4. The Morgan fingerprint density at radius 2 is 1.86 bits per heavy atom. The molecule has 0 N–H and O–H groups in total. The van der Waals surface area contributed by atoms with Crippen LogP contribution in [0.1, 0.15) is 25.3 Å². The van der Waals surface area contributed by atoms with Crippen molar-refractivity contribution in [2.24, 2.45) is 0 Å². The van der Waals surface area contributed by atoms with Crippen LogP contribution in [0.4, 0.5) is 0 Å². The molecule has 1 aromatic rings. The van der Waals surface area contributed by atoms with Crippen LogP contribution in [0.3, 0.4) is 0 Å². The van der Waals surface area contributed by atoms with Gasteiger partial charge in [0.05, 0.1) is 0 Å². The minimum absolute atomic E-state index is 0.646. The summed E-state index contributed by atoms with van der Waals surface area (Å²) in [7, 11) is 0.911. The van der Waals surface area contributed by atoms with Crippen molar-refractivity contribution in [3.63, 3.8) is 0 Å². The predicted octanol–water partition coefficient (Wildman–Crippen LogP) is 3.68. The van der Waals surface area contributed by atoms with Crippen molar-refractivity contribution in [2.75, 3.05) is 27.4 Å². The van der Waals surface area contributed by atoms with Crippen LogP contribution in [0, 0.1) is 0 Å². The smallest absolute Gasteiger partial charge is 0.377 e. The van der Waals surface area contributed by atoms with Crippen LogP contribution >= 0.6 is 0 Å². The second-order valence-electron chi connectivity index (χ2n) is 5.18. The average molecular weight is 324 g/mol. The Morgan fingerprint density at radius 1 is 1.18 bits per heavy atom. The van der Waals surface area contributed by atoms with Gasteiger partial charge in [0, 0.05) is 40.0 Å². The van der Waals surface area contributed by atoms with Crippen molar-refractivity contribution in [2.45, 2.75) is 32.4 Å². The molecule has 1 rings (SSSR count). The lowest BCUT2D eigenvalue weighted by molar-refractivity contribution is 0.0943.